The number of halogens is 4. The zero-order valence-electron chi connectivity index (χ0n) is 42.7. The maximum absolute atomic E-state index is 5.91. The predicted octanol–water partition coefficient (Wildman–Crippen LogP) is 15.2. The molecule has 8 bridgehead atoms. The molecule has 0 aliphatic carbocycles. The van der Waals surface area contributed by atoms with E-state index >= 15 is 0 Å². The van der Waals surface area contributed by atoms with E-state index in [-0.39, 0.29) is 30.2 Å². The van der Waals surface area contributed by atoms with E-state index < -0.39 is 0 Å². The van der Waals surface area contributed by atoms with Gasteiger partial charge in [0.25, 0.3) is 0 Å². The van der Waals surface area contributed by atoms with Gasteiger partial charge in [0.1, 0.15) is 0 Å². The molecule has 9 aromatic rings. The van der Waals surface area contributed by atoms with Gasteiger partial charge in [-0.05, 0) is 130 Å². The number of hydrogen-bond acceptors (Lipinski definition) is 1. The zero-order valence-corrected chi connectivity index (χ0v) is 48.7. The van der Waals surface area contributed by atoms with Gasteiger partial charge in [-0.1, -0.05) is 47.6 Å². The van der Waals surface area contributed by atoms with E-state index in [0.717, 1.165) is 130 Å². The third-order valence-corrected chi connectivity index (χ3v) is 13.0. The molecule has 6 heterocycles. The molecule has 5 aromatic heterocycles. The Morgan fingerprint density at radius 3 is 0.740 bits per heavy atom. The number of aromatic nitrogens is 5. The van der Waals surface area contributed by atoms with Crippen LogP contribution >= 0.6 is 46.4 Å². The number of rotatable bonds is 10. The van der Waals surface area contributed by atoms with Crippen molar-refractivity contribution in [2.75, 3.05) is 10.7 Å². The Morgan fingerprint density at radius 1 is 0.315 bits per heavy atom. The van der Waals surface area contributed by atoms with Crippen LogP contribution in [0.1, 0.15) is 143 Å². The predicted molar refractivity (Wildman–Crippen MR) is 301 cm³/mol. The Labute approximate surface area is 467 Å². The number of benzene rings is 4. The molecule has 73 heavy (non-hydrogen) atoms. The van der Waals surface area contributed by atoms with E-state index in [4.69, 9.17) is 66.3 Å². The fourth-order valence-electron chi connectivity index (χ4n) is 10.1. The van der Waals surface area contributed by atoms with E-state index in [0.29, 0.717) is 0 Å². The first-order valence-corrected chi connectivity index (χ1v) is 27.0. The summed E-state index contributed by atoms with van der Waals surface area (Å²) in [6.45, 7) is 13.7. The summed E-state index contributed by atoms with van der Waals surface area (Å²) in [7, 11) is 0. The van der Waals surface area contributed by atoms with Gasteiger partial charge in [-0.15, -0.1) is 46.4 Å². The van der Waals surface area contributed by atoms with Gasteiger partial charge in [0, 0.05) is 188 Å². The summed E-state index contributed by atoms with van der Waals surface area (Å²) in [6, 6.07) is 53.3. The van der Waals surface area contributed by atoms with Gasteiger partial charge in [-0.3, -0.25) is 4.98 Å². The Kier molecular flexibility index (Phi) is 21.9. The largest absolute Gasteiger partial charge is 0.628 e. The second-order valence-corrected chi connectivity index (χ2v) is 18.4. The Bertz CT molecular complexity index is 2790. The summed E-state index contributed by atoms with van der Waals surface area (Å²) in [4.78, 5) is 27.0. The average Bonchev–Trinajstić information content (AvgIpc) is 4.23. The van der Waals surface area contributed by atoms with Crippen molar-refractivity contribution in [3.05, 3.63) is 289 Å². The first kappa shape index (κ1) is 56.7. The van der Waals surface area contributed by atoms with Crippen LogP contribution in [0.25, 0.3) is 0 Å². The second-order valence-electron chi connectivity index (χ2n) is 16.8. The molecule has 0 amide bonds. The van der Waals surface area contributed by atoms with Gasteiger partial charge in [0.05, 0.1) is 32.9 Å². The minimum atomic E-state index is 0. The first-order valence-electron chi connectivity index (χ1n) is 24.9. The van der Waals surface area contributed by atoms with E-state index in [9.17, 15) is 0 Å². The minimum Gasteiger partial charge on any atom is -0.628 e. The fourth-order valence-corrected chi connectivity index (χ4v) is 10.1. The normalized spacial score (nSPS) is 11.6. The molecule has 10 heteroatoms. The number of pyridine rings is 1. The molecule has 10 rings (SSSR count). The van der Waals surface area contributed by atoms with Gasteiger partial charge < -0.3 is 19.9 Å². The van der Waals surface area contributed by atoms with Crippen LogP contribution < -0.4 is 19.9 Å². The third-order valence-electron chi connectivity index (χ3n) is 13.0. The van der Waals surface area contributed by atoms with Crippen molar-refractivity contribution in [1.29, 1.82) is 0 Å². The minimum absolute atomic E-state index is 0. The molecular formula is C63H61Cl4N5Zn. The Hall–Kier alpha value is -5.59. The number of hydrogen-bond donors (Lipinski definition) is 0. The molecule has 0 N–H and O–H groups in total. The number of fused-ring (bicyclic) bond motifs is 8. The van der Waals surface area contributed by atoms with Crippen LogP contribution in [0.5, 0.6) is 0 Å². The molecule has 1 aliphatic rings. The van der Waals surface area contributed by atoms with Crippen molar-refractivity contribution in [1.82, 2.24) is 24.9 Å². The van der Waals surface area contributed by atoms with Crippen LogP contribution in [0, 0.1) is 23.7 Å². The quantitative estimate of drug-likeness (QED) is 0.0775. The number of alkyl halides is 4. The van der Waals surface area contributed by atoms with Gasteiger partial charge >= 0.3 is 0 Å². The van der Waals surface area contributed by atoms with Crippen molar-refractivity contribution in [2.24, 2.45) is 0 Å². The number of nitrogens with zero attached hydrogens (tertiary/aromatic N) is 5. The average molecular weight is 1100 g/mol. The summed E-state index contributed by atoms with van der Waals surface area (Å²) in [5, 5.41) is 0.389. The SMILES string of the molecule is CCc1c2[n-]c(c1CC)[C+](c1ccccc1)c1[n-]c(c(CC)c1CC)[C+](c1ccccc1)c1[n-]c(c(CC)c1CC)[C+](c1ccccc1)c1ccc([n-]1)[C+]2c1ccccc1.ClCCl.ClCCl.[Zn].c1ccncc1. The standard InChI is InChI=1S/C56H52N4.C5H5N.2CH2Cl2.Zn/c1-7-39-41(9-3)53-49(37-29-21-15-22-30-37)55-43(11-5)44(12-6)56(60-55)50(38-31-23-16-24-32-38)54-42(10-4)40(8-2)52(59-54)48(36-27-19-14-20-28-36)46-34-33-45(57-46)47(51(39)58-53)35-25-17-13-18-26-35;1-2-4-6-5-3-1;2*2-1-3;/h13-34H,7-12H2,1-6H3;1-5H;2*1H2;. The molecular weight excluding hydrogens is 1030 g/mol. The Balaban J connectivity index is 0.000000599. The molecule has 0 unspecified atom stereocenters. The van der Waals surface area contributed by atoms with Crippen LogP contribution in [0.4, 0.5) is 0 Å². The van der Waals surface area contributed by atoms with Crippen molar-refractivity contribution < 1.29 is 19.5 Å². The summed E-state index contributed by atoms with van der Waals surface area (Å²) >= 11 is 19.1. The fraction of sp³-hybridized carbons (Fsp3) is 0.222. The first-order chi connectivity index (χ1) is 35.4. The van der Waals surface area contributed by atoms with Gasteiger partial charge in [0.15, 0.2) is 0 Å². The smallest absolute Gasteiger partial charge is 0.0967 e. The van der Waals surface area contributed by atoms with Gasteiger partial charge in [-0.2, -0.15) is 0 Å². The topological polar surface area (TPSA) is 69.3 Å². The summed E-state index contributed by atoms with van der Waals surface area (Å²) in [5.41, 5.74) is 19.9. The molecule has 368 valence electrons. The second kappa shape index (κ2) is 28.2. The van der Waals surface area contributed by atoms with Crippen LogP contribution in [0.2, 0.25) is 0 Å². The van der Waals surface area contributed by atoms with Gasteiger partial charge in [-0.25, -0.2) is 0 Å². The molecule has 0 saturated heterocycles. The summed E-state index contributed by atoms with van der Waals surface area (Å²) < 4.78 is 0. The van der Waals surface area contributed by atoms with E-state index in [2.05, 4.69) is 180 Å². The molecule has 0 saturated carbocycles. The molecule has 0 atom stereocenters. The van der Waals surface area contributed by atoms with Crippen molar-refractivity contribution in [2.45, 2.75) is 80.1 Å². The van der Waals surface area contributed by atoms with E-state index in [1.165, 1.54) is 33.4 Å². The third kappa shape index (κ3) is 12.3. The van der Waals surface area contributed by atoms with E-state index in [1.807, 2.05) is 18.2 Å². The van der Waals surface area contributed by atoms with Crippen molar-refractivity contribution >= 4 is 46.4 Å². The maximum Gasteiger partial charge on any atom is 0.0967 e. The molecule has 0 radical (unpaired) electrons. The molecule has 4 aromatic carbocycles. The van der Waals surface area contributed by atoms with Gasteiger partial charge in [0.2, 0.25) is 0 Å². The van der Waals surface area contributed by atoms with Crippen LogP contribution in [-0.4, -0.2) is 15.7 Å². The van der Waals surface area contributed by atoms with Crippen molar-refractivity contribution in [3.63, 3.8) is 0 Å². The monoisotopic (exact) mass is 1090 g/mol. The van der Waals surface area contributed by atoms with Crippen LogP contribution in [0.3, 0.4) is 0 Å². The molecule has 0 fully saturated rings. The summed E-state index contributed by atoms with van der Waals surface area (Å²) in [6.07, 6.45) is 8.54. The molecule has 1 aliphatic heterocycles. The molecule has 0 spiro atoms. The maximum atomic E-state index is 5.91. The molecule has 5 nitrogen and oxygen atoms in total. The van der Waals surface area contributed by atoms with Crippen LogP contribution in [-0.2, 0) is 58.0 Å². The zero-order chi connectivity index (χ0) is 51.0. The van der Waals surface area contributed by atoms with Crippen LogP contribution in [0.15, 0.2) is 164 Å². The summed E-state index contributed by atoms with van der Waals surface area (Å²) in [5.74, 6) is 4.28. The van der Waals surface area contributed by atoms with E-state index in [1.54, 1.807) is 12.4 Å². The van der Waals surface area contributed by atoms with Crippen molar-refractivity contribution in [3.8, 4) is 0 Å². The Morgan fingerprint density at radius 2 is 0.534 bits per heavy atom.